The third-order valence-electron chi connectivity index (χ3n) is 4.05. The van der Waals surface area contributed by atoms with Gasteiger partial charge in [-0.25, -0.2) is 0 Å². The molecule has 0 bridgehead atoms. The molecule has 1 N–H and O–H groups in total. The van der Waals surface area contributed by atoms with Crippen molar-refractivity contribution in [2.45, 2.75) is 45.1 Å². The third-order valence-corrected chi connectivity index (χ3v) is 4.05. The molecule has 0 spiro atoms. The summed E-state index contributed by atoms with van der Waals surface area (Å²) in [5.41, 5.74) is 1.86. The van der Waals surface area contributed by atoms with Gasteiger partial charge >= 0.3 is 0 Å². The molecule has 1 saturated carbocycles. The molecule has 1 aromatic heterocycles. The van der Waals surface area contributed by atoms with Crippen LogP contribution in [0.5, 0.6) is 0 Å². The van der Waals surface area contributed by atoms with Gasteiger partial charge in [0.05, 0.1) is 11.4 Å². The number of aliphatic hydroxyl groups is 1. The second-order valence-electron chi connectivity index (χ2n) is 6.53. The minimum atomic E-state index is -0.892. The van der Waals surface area contributed by atoms with Crippen LogP contribution in [0, 0.1) is 11.8 Å². The Balaban J connectivity index is 1.77. The van der Waals surface area contributed by atoms with E-state index in [1.165, 1.54) is 19.3 Å². The summed E-state index contributed by atoms with van der Waals surface area (Å²) in [6, 6.07) is 3.89. The van der Waals surface area contributed by atoms with Gasteiger partial charge in [-0.15, -0.1) is 0 Å². The molecule has 1 fully saturated rings. The SMILES string of the molecule is CC(C)(O)c1ccc(C2=CC(CC3CC3)CC=N2)cn1. The number of hydrogen-bond acceptors (Lipinski definition) is 3. The van der Waals surface area contributed by atoms with Crippen LogP contribution in [-0.2, 0) is 5.60 Å². The maximum atomic E-state index is 9.93. The number of rotatable bonds is 4. The van der Waals surface area contributed by atoms with E-state index in [-0.39, 0.29) is 0 Å². The molecule has 1 aliphatic carbocycles. The minimum absolute atomic E-state index is 0.629. The third kappa shape index (κ3) is 3.15. The summed E-state index contributed by atoms with van der Waals surface area (Å²) in [6.07, 6.45) is 11.3. The highest BCUT2D eigenvalue weighted by Crippen LogP contribution is 2.38. The van der Waals surface area contributed by atoms with E-state index >= 15 is 0 Å². The zero-order valence-corrected chi connectivity index (χ0v) is 12.2. The molecule has 1 atom stereocenters. The summed E-state index contributed by atoms with van der Waals surface area (Å²) >= 11 is 0. The van der Waals surface area contributed by atoms with E-state index in [4.69, 9.17) is 0 Å². The lowest BCUT2D eigenvalue weighted by Crippen LogP contribution is -2.17. The van der Waals surface area contributed by atoms with Crippen LogP contribution in [0.3, 0.4) is 0 Å². The molecule has 20 heavy (non-hydrogen) atoms. The molecule has 3 heteroatoms. The van der Waals surface area contributed by atoms with Crippen molar-refractivity contribution in [1.29, 1.82) is 0 Å². The second kappa shape index (κ2) is 5.13. The van der Waals surface area contributed by atoms with Crippen LogP contribution >= 0.6 is 0 Å². The number of aromatic nitrogens is 1. The molecule has 2 aliphatic rings. The van der Waals surface area contributed by atoms with Crippen LogP contribution in [0.2, 0.25) is 0 Å². The first kappa shape index (κ1) is 13.5. The molecule has 3 rings (SSSR count). The predicted molar refractivity (Wildman–Crippen MR) is 81.4 cm³/mol. The van der Waals surface area contributed by atoms with Crippen LogP contribution in [0.15, 0.2) is 29.4 Å². The van der Waals surface area contributed by atoms with Crippen molar-refractivity contribution >= 4 is 11.9 Å². The highest BCUT2D eigenvalue weighted by molar-refractivity contribution is 5.76. The van der Waals surface area contributed by atoms with E-state index in [0.29, 0.717) is 11.6 Å². The van der Waals surface area contributed by atoms with E-state index in [2.05, 4.69) is 16.1 Å². The smallest absolute Gasteiger partial charge is 0.101 e. The van der Waals surface area contributed by atoms with Gasteiger partial charge in [-0.2, -0.15) is 0 Å². The summed E-state index contributed by atoms with van der Waals surface area (Å²) in [5.74, 6) is 1.57. The van der Waals surface area contributed by atoms with E-state index in [0.717, 1.165) is 23.6 Å². The van der Waals surface area contributed by atoms with Crippen molar-refractivity contribution in [3.8, 4) is 0 Å². The molecule has 1 unspecified atom stereocenters. The highest BCUT2D eigenvalue weighted by Gasteiger charge is 2.25. The van der Waals surface area contributed by atoms with Gasteiger partial charge in [0.1, 0.15) is 5.60 Å². The second-order valence-corrected chi connectivity index (χ2v) is 6.53. The average molecular weight is 270 g/mol. The summed E-state index contributed by atoms with van der Waals surface area (Å²) < 4.78 is 0. The summed E-state index contributed by atoms with van der Waals surface area (Å²) in [6.45, 7) is 3.50. The number of nitrogens with zero attached hydrogens (tertiary/aromatic N) is 2. The first-order valence-electron chi connectivity index (χ1n) is 7.46. The Hall–Kier alpha value is -1.48. The molecule has 0 saturated heterocycles. The van der Waals surface area contributed by atoms with Crippen LogP contribution in [0.25, 0.3) is 5.70 Å². The highest BCUT2D eigenvalue weighted by atomic mass is 16.3. The Morgan fingerprint density at radius 3 is 2.70 bits per heavy atom. The van der Waals surface area contributed by atoms with E-state index in [1.807, 2.05) is 24.5 Å². The Kier molecular flexibility index (Phi) is 3.47. The van der Waals surface area contributed by atoms with Crippen molar-refractivity contribution in [3.63, 3.8) is 0 Å². The minimum Gasteiger partial charge on any atom is -0.384 e. The van der Waals surface area contributed by atoms with Crippen LogP contribution in [0.4, 0.5) is 0 Å². The lowest BCUT2D eigenvalue weighted by atomic mass is 9.94. The van der Waals surface area contributed by atoms with Crippen molar-refractivity contribution in [2.75, 3.05) is 0 Å². The van der Waals surface area contributed by atoms with Crippen molar-refractivity contribution in [3.05, 3.63) is 35.7 Å². The maximum absolute atomic E-state index is 9.93. The maximum Gasteiger partial charge on any atom is 0.101 e. The molecule has 1 aliphatic heterocycles. The van der Waals surface area contributed by atoms with E-state index < -0.39 is 5.60 Å². The molecule has 2 heterocycles. The molecular formula is C17H22N2O. The van der Waals surface area contributed by atoms with Gasteiger partial charge in [-0.3, -0.25) is 9.98 Å². The fraction of sp³-hybridized carbons (Fsp3) is 0.529. The van der Waals surface area contributed by atoms with Crippen molar-refractivity contribution in [2.24, 2.45) is 16.8 Å². The van der Waals surface area contributed by atoms with Gasteiger partial charge in [-0.05, 0) is 50.7 Å². The normalized spacial score (nSPS) is 22.8. The fourth-order valence-electron chi connectivity index (χ4n) is 2.64. The van der Waals surface area contributed by atoms with E-state index in [9.17, 15) is 5.11 Å². The Morgan fingerprint density at radius 1 is 1.30 bits per heavy atom. The number of hydrogen-bond donors (Lipinski definition) is 1. The van der Waals surface area contributed by atoms with Gasteiger partial charge in [0, 0.05) is 18.0 Å². The van der Waals surface area contributed by atoms with Crippen molar-refractivity contribution in [1.82, 2.24) is 4.98 Å². The topological polar surface area (TPSA) is 45.5 Å². The Bertz CT molecular complexity index is 533. The number of allylic oxidation sites excluding steroid dienone is 1. The molecule has 3 nitrogen and oxygen atoms in total. The van der Waals surface area contributed by atoms with Gasteiger partial charge in [-0.1, -0.05) is 18.9 Å². The van der Waals surface area contributed by atoms with Crippen molar-refractivity contribution < 1.29 is 5.11 Å². The summed E-state index contributed by atoms with van der Waals surface area (Å²) in [7, 11) is 0. The predicted octanol–water partition coefficient (Wildman–Crippen LogP) is 3.54. The number of pyridine rings is 1. The standard InChI is InChI=1S/C17H22N2O/c1-17(2,20)16-6-5-14(11-19-16)15-10-13(7-8-18-15)9-12-3-4-12/h5-6,8,10-13,20H,3-4,7,9H2,1-2H3. The first-order chi connectivity index (χ1) is 9.52. The molecule has 1 aromatic rings. The lowest BCUT2D eigenvalue weighted by Gasteiger charge is -2.18. The Morgan fingerprint density at radius 2 is 2.10 bits per heavy atom. The first-order valence-corrected chi connectivity index (χ1v) is 7.46. The van der Waals surface area contributed by atoms with Gasteiger partial charge in [0.25, 0.3) is 0 Å². The molecule has 0 amide bonds. The summed E-state index contributed by atoms with van der Waals surface area (Å²) in [5, 5.41) is 9.93. The van der Waals surface area contributed by atoms with Gasteiger partial charge < -0.3 is 5.11 Å². The van der Waals surface area contributed by atoms with Crippen LogP contribution in [0.1, 0.15) is 50.8 Å². The van der Waals surface area contributed by atoms with Gasteiger partial charge in [0.2, 0.25) is 0 Å². The fourth-order valence-corrected chi connectivity index (χ4v) is 2.64. The summed E-state index contributed by atoms with van der Waals surface area (Å²) in [4.78, 5) is 8.86. The molecule has 0 aromatic carbocycles. The van der Waals surface area contributed by atoms with E-state index in [1.54, 1.807) is 13.8 Å². The average Bonchev–Trinajstić information content (AvgIpc) is 3.22. The van der Waals surface area contributed by atoms with Crippen LogP contribution in [-0.4, -0.2) is 16.3 Å². The quantitative estimate of drug-likeness (QED) is 0.909. The molecule has 106 valence electrons. The monoisotopic (exact) mass is 270 g/mol. The molecule has 0 radical (unpaired) electrons. The number of aliphatic imine (C=N–C) groups is 1. The van der Waals surface area contributed by atoms with Gasteiger partial charge in [0.15, 0.2) is 0 Å². The zero-order valence-electron chi connectivity index (χ0n) is 12.2. The largest absolute Gasteiger partial charge is 0.384 e. The Labute approximate surface area is 120 Å². The lowest BCUT2D eigenvalue weighted by molar-refractivity contribution is 0.0738. The van der Waals surface area contributed by atoms with Crippen LogP contribution < -0.4 is 0 Å². The zero-order chi connectivity index (χ0) is 14.2. The molecular weight excluding hydrogens is 248 g/mol.